The Hall–Kier alpha value is -2.17. The first-order valence-electron chi connectivity index (χ1n) is 11.4. The van der Waals surface area contributed by atoms with Gasteiger partial charge in [-0.25, -0.2) is 9.59 Å². The first-order chi connectivity index (χ1) is 14.5. The van der Waals surface area contributed by atoms with Crippen LogP contribution in [-0.4, -0.2) is 29.9 Å². The van der Waals surface area contributed by atoms with Gasteiger partial charge in [-0.2, -0.15) is 0 Å². The predicted molar refractivity (Wildman–Crippen MR) is 121 cm³/mol. The number of ketones is 1. The lowest BCUT2D eigenvalue weighted by Crippen LogP contribution is -2.58. The van der Waals surface area contributed by atoms with Crippen molar-refractivity contribution in [3.05, 3.63) is 35.5 Å². The van der Waals surface area contributed by atoms with Crippen LogP contribution in [0.1, 0.15) is 74.1 Å². The minimum absolute atomic E-state index is 0.0175. The summed E-state index contributed by atoms with van der Waals surface area (Å²) in [5.74, 6) is -1.28. The van der Waals surface area contributed by atoms with Crippen LogP contribution in [0.2, 0.25) is 0 Å². The number of carbonyl (C=O) groups is 3. The number of esters is 2. The van der Waals surface area contributed by atoms with E-state index < -0.39 is 12.1 Å². The molecule has 5 heteroatoms. The Morgan fingerprint density at radius 1 is 1.19 bits per heavy atom. The third-order valence-corrected chi connectivity index (χ3v) is 7.61. The molecule has 2 aliphatic rings. The monoisotopic (exact) mass is 430 g/mol. The fourth-order valence-corrected chi connectivity index (χ4v) is 4.99. The van der Waals surface area contributed by atoms with Gasteiger partial charge in [-0.05, 0) is 64.7 Å². The lowest BCUT2D eigenvalue weighted by molar-refractivity contribution is -0.182. The average Bonchev–Trinajstić information content (AvgIpc) is 2.72. The second-order valence-electron chi connectivity index (χ2n) is 9.60. The van der Waals surface area contributed by atoms with Gasteiger partial charge in [-0.3, -0.25) is 4.79 Å². The Bertz CT molecular complexity index is 805. The second-order valence-corrected chi connectivity index (χ2v) is 9.60. The largest absolute Gasteiger partial charge is 0.459 e. The maximum atomic E-state index is 13.3. The van der Waals surface area contributed by atoms with Crippen molar-refractivity contribution >= 4 is 17.7 Å². The topological polar surface area (TPSA) is 69.7 Å². The molecule has 0 N–H and O–H groups in total. The highest BCUT2D eigenvalue weighted by Gasteiger charge is 2.58. The van der Waals surface area contributed by atoms with E-state index in [0.29, 0.717) is 24.8 Å². The fraction of sp³-hybridized carbons (Fsp3) is 0.654. The first kappa shape index (κ1) is 25.1. The maximum absolute atomic E-state index is 13.3. The second kappa shape index (κ2) is 9.97. The van der Waals surface area contributed by atoms with Crippen LogP contribution in [0.5, 0.6) is 0 Å². The van der Waals surface area contributed by atoms with Crippen LogP contribution < -0.4 is 0 Å². The summed E-state index contributed by atoms with van der Waals surface area (Å²) < 4.78 is 11.6. The standard InChI is InChI=1S/C26H38O5/c1-9-16(5)13-22(27)31-24-20-11-12-21(30-25(29)17(6)10-2)18(7)26(20,8)14-19(15(3)4)23(24)28/h10,13,18-21,24H,3,9,11-12,14H2,1-2,4-8H3. The molecule has 0 spiro atoms. The van der Waals surface area contributed by atoms with E-state index in [-0.39, 0.29) is 41.0 Å². The van der Waals surface area contributed by atoms with E-state index in [2.05, 4.69) is 20.4 Å². The summed E-state index contributed by atoms with van der Waals surface area (Å²) >= 11 is 0. The van der Waals surface area contributed by atoms with Crippen molar-refractivity contribution in [1.29, 1.82) is 0 Å². The lowest BCUT2D eigenvalue weighted by Gasteiger charge is -2.55. The van der Waals surface area contributed by atoms with Gasteiger partial charge in [-0.1, -0.05) is 44.6 Å². The molecule has 6 unspecified atom stereocenters. The Morgan fingerprint density at radius 2 is 1.84 bits per heavy atom. The van der Waals surface area contributed by atoms with Crippen LogP contribution in [0.4, 0.5) is 0 Å². The molecule has 172 valence electrons. The summed E-state index contributed by atoms with van der Waals surface area (Å²) in [5, 5.41) is 0. The molecule has 0 aromatic carbocycles. The Kier molecular flexibility index (Phi) is 8.07. The van der Waals surface area contributed by atoms with Gasteiger partial charge in [0, 0.05) is 23.5 Å². The summed E-state index contributed by atoms with van der Waals surface area (Å²) in [5.41, 5.74) is 1.96. The molecule has 0 radical (unpaired) electrons. The van der Waals surface area contributed by atoms with E-state index in [1.54, 1.807) is 13.0 Å². The number of fused-ring (bicyclic) bond motifs is 1. The zero-order chi connectivity index (χ0) is 23.5. The predicted octanol–water partition coefficient (Wildman–Crippen LogP) is 5.35. The third-order valence-electron chi connectivity index (χ3n) is 7.61. The van der Waals surface area contributed by atoms with Crippen molar-refractivity contribution in [3.8, 4) is 0 Å². The SMILES string of the molecule is C=C(C)C1CC2(C)C(C)C(OC(=O)C(C)=CC)CCC2C(OC(=O)C=C(C)CC)C1=O. The molecule has 31 heavy (non-hydrogen) atoms. The highest BCUT2D eigenvalue weighted by Crippen LogP contribution is 2.56. The van der Waals surface area contributed by atoms with E-state index in [1.165, 1.54) is 6.08 Å². The lowest BCUT2D eigenvalue weighted by atomic mass is 9.51. The van der Waals surface area contributed by atoms with Crippen LogP contribution in [0.15, 0.2) is 35.5 Å². The molecule has 0 aromatic heterocycles. The quantitative estimate of drug-likeness (QED) is 0.323. The molecule has 0 aliphatic heterocycles. The van der Waals surface area contributed by atoms with Crippen molar-refractivity contribution in [3.63, 3.8) is 0 Å². The van der Waals surface area contributed by atoms with Gasteiger partial charge in [0.05, 0.1) is 0 Å². The summed E-state index contributed by atoms with van der Waals surface area (Å²) in [7, 11) is 0. The molecule has 2 saturated carbocycles. The molecule has 2 fully saturated rings. The van der Waals surface area contributed by atoms with Gasteiger partial charge in [-0.15, -0.1) is 0 Å². The molecule has 2 aliphatic carbocycles. The van der Waals surface area contributed by atoms with Gasteiger partial charge in [0.1, 0.15) is 6.10 Å². The van der Waals surface area contributed by atoms with Crippen molar-refractivity contribution in [2.24, 2.45) is 23.2 Å². The number of ether oxygens (including phenoxy) is 2. The summed E-state index contributed by atoms with van der Waals surface area (Å²) in [6.45, 7) is 17.5. The molecule has 0 saturated heterocycles. The van der Waals surface area contributed by atoms with E-state index in [0.717, 1.165) is 17.6 Å². The molecule has 6 atom stereocenters. The number of rotatable bonds is 6. The Labute approximate surface area is 186 Å². The van der Waals surface area contributed by atoms with E-state index in [1.807, 2.05) is 27.7 Å². The van der Waals surface area contributed by atoms with Gasteiger partial charge >= 0.3 is 11.9 Å². The van der Waals surface area contributed by atoms with Gasteiger partial charge in [0.15, 0.2) is 11.9 Å². The summed E-state index contributed by atoms with van der Waals surface area (Å²) in [6, 6.07) is 0. The minimum atomic E-state index is -0.801. The van der Waals surface area contributed by atoms with Crippen LogP contribution >= 0.6 is 0 Å². The van der Waals surface area contributed by atoms with Crippen molar-refractivity contribution in [2.75, 3.05) is 0 Å². The minimum Gasteiger partial charge on any atom is -0.459 e. The van der Waals surface area contributed by atoms with E-state index >= 15 is 0 Å². The van der Waals surface area contributed by atoms with E-state index in [4.69, 9.17) is 9.47 Å². The number of Topliss-reactive ketones (excluding diaryl/α,β-unsaturated/α-hetero) is 1. The third kappa shape index (κ3) is 5.19. The number of carbonyl (C=O) groups excluding carboxylic acids is 3. The molecule has 2 rings (SSSR count). The smallest absolute Gasteiger partial charge is 0.333 e. The zero-order valence-electron chi connectivity index (χ0n) is 20.1. The zero-order valence-corrected chi connectivity index (χ0v) is 20.1. The molecule has 0 amide bonds. The Morgan fingerprint density at radius 3 is 2.39 bits per heavy atom. The van der Waals surface area contributed by atoms with Gasteiger partial charge < -0.3 is 9.47 Å². The van der Waals surface area contributed by atoms with Gasteiger partial charge in [0.2, 0.25) is 0 Å². The Balaban J connectivity index is 2.35. The van der Waals surface area contributed by atoms with Gasteiger partial charge in [0.25, 0.3) is 0 Å². The number of hydrogen-bond donors (Lipinski definition) is 0. The van der Waals surface area contributed by atoms with Crippen molar-refractivity contribution in [1.82, 2.24) is 0 Å². The van der Waals surface area contributed by atoms with Crippen LogP contribution in [0, 0.1) is 23.2 Å². The first-order valence-corrected chi connectivity index (χ1v) is 11.4. The summed E-state index contributed by atoms with van der Waals surface area (Å²) in [6.07, 6.45) is 4.87. The van der Waals surface area contributed by atoms with Crippen LogP contribution in [-0.2, 0) is 23.9 Å². The highest BCUT2D eigenvalue weighted by molar-refractivity contribution is 5.92. The summed E-state index contributed by atoms with van der Waals surface area (Å²) in [4.78, 5) is 38.2. The molecular formula is C26H38O5. The fourth-order valence-electron chi connectivity index (χ4n) is 4.99. The molecule has 0 aromatic rings. The highest BCUT2D eigenvalue weighted by atomic mass is 16.6. The molecular weight excluding hydrogens is 392 g/mol. The molecule has 0 bridgehead atoms. The molecule has 0 heterocycles. The van der Waals surface area contributed by atoms with Crippen molar-refractivity contribution in [2.45, 2.75) is 86.4 Å². The normalized spacial score (nSPS) is 34.0. The van der Waals surface area contributed by atoms with E-state index in [9.17, 15) is 14.4 Å². The molecule has 5 nitrogen and oxygen atoms in total. The van der Waals surface area contributed by atoms with Crippen LogP contribution in [0.25, 0.3) is 0 Å². The average molecular weight is 431 g/mol. The maximum Gasteiger partial charge on any atom is 0.333 e. The van der Waals surface area contributed by atoms with Crippen LogP contribution in [0.3, 0.4) is 0 Å². The number of hydrogen-bond acceptors (Lipinski definition) is 5. The number of allylic oxidation sites excluding steroid dienone is 3. The van der Waals surface area contributed by atoms with Crippen molar-refractivity contribution < 1.29 is 23.9 Å².